The van der Waals surface area contributed by atoms with E-state index >= 15 is 0 Å². The number of hydrogen-bond acceptors (Lipinski definition) is 5. The Bertz CT molecular complexity index is 819. The summed E-state index contributed by atoms with van der Waals surface area (Å²) in [5, 5.41) is 3.05. The molecule has 30 heavy (non-hydrogen) atoms. The van der Waals surface area contributed by atoms with E-state index < -0.39 is 10.0 Å². The van der Waals surface area contributed by atoms with Crippen molar-refractivity contribution in [2.24, 2.45) is 5.92 Å². The first-order valence-electron chi connectivity index (χ1n) is 11.0. The summed E-state index contributed by atoms with van der Waals surface area (Å²) in [4.78, 5) is 12.8. The minimum atomic E-state index is -3.74. The Morgan fingerprint density at radius 2 is 1.73 bits per heavy atom. The molecule has 0 radical (unpaired) electrons. The second-order valence-electron chi connectivity index (χ2n) is 8.22. The molecular formula is C22H34N2O5S. The molecule has 2 fully saturated rings. The van der Waals surface area contributed by atoms with Crippen molar-refractivity contribution in [2.75, 3.05) is 27.3 Å². The first-order valence-corrected chi connectivity index (χ1v) is 12.4. The Balaban J connectivity index is 1.68. The number of amides is 1. The van der Waals surface area contributed by atoms with Crippen LogP contribution in [-0.2, 0) is 14.8 Å². The molecule has 168 valence electrons. The highest BCUT2D eigenvalue weighted by Crippen LogP contribution is 2.34. The molecule has 1 aromatic carbocycles. The van der Waals surface area contributed by atoms with E-state index in [0.29, 0.717) is 18.8 Å². The number of ether oxygens (including phenoxy) is 2. The van der Waals surface area contributed by atoms with Crippen molar-refractivity contribution in [1.82, 2.24) is 9.62 Å². The Kier molecular flexibility index (Phi) is 7.99. The van der Waals surface area contributed by atoms with E-state index in [9.17, 15) is 13.2 Å². The number of nitrogens with one attached hydrogen (secondary N) is 1. The third kappa shape index (κ3) is 5.27. The third-order valence-corrected chi connectivity index (χ3v) is 8.26. The summed E-state index contributed by atoms with van der Waals surface area (Å²) >= 11 is 0. The van der Waals surface area contributed by atoms with Crippen LogP contribution in [0.2, 0.25) is 0 Å². The number of carbonyl (C=O) groups is 1. The van der Waals surface area contributed by atoms with Crippen LogP contribution in [0.25, 0.3) is 0 Å². The molecule has 1 saturated heterocycles. The molecule has 1 aromatic rings. The summed E-state index contributed by atoms with van der Waals surface area (Å²) < 4.78 is 38.7. The van der Waals surface area contributed by atoms with Crippen LogP contribution in [0, 0.1) is 5.92 Å². The van der Waals surface area contributed by atoms with Gasteiger partial charge in [-0.1, -0.05) is 32.1 Å². The number of nitrogens with zero attached hydrogens (tertiary/aromatic N) is 1. The fourth-order valence-electron chi connectivity index (χ4n) is 4.53. The Morgan fingerprint density at radius 1 is 1.03 bits per heavy atom. The van der Waals surface area contributed by atoms with Gasteiger partial charge in [-0.05, 0) is 37.8 Å². The van der Waals surface area contributed by atoms with Crippen LogP contribution < -0.4 is 14.8 Å². The van der Waals surface area contributed by atoms with Crippen molar-refractivity contribution >= 4 is 15.9 Å². The molecule has 1 unspecified atom stereocenters. The van der Waals surface area contributed by atoms with Gasteiger partial charge < -0.3 is 14.8 Å². The summed E-state index contributed by atoms with van der Waals surface area (Å²) in [6.45, 7) is 0.800. The number of sulfonamides is 1. The molecule has 8 heteroatoms. The van der Waals surface area contributed by atoms with Crippen molar-refractivity contribution in [3.05, 3.63) is 18.2 Å². The second-order valence-corrected chi connectivity index (χ2v) is 10.1. The van der Waals surface area contributed by atoms with Crippen LogP contribution in [0.4, 0.5) is 0 Å². The standard InChI is InChI=1S/C22H34N2O5S/c1-28-19-12-13-21(20(15-19)29-2)30(26,27)24-14-8-11-18(24)16-23-22(25)17-9-6-4-3-5-7-10-17/h12-13,15,17-18H,3-11,14,16H2,1-2H3,(H,23,25). The minimum absolute atomic E-state index is 0.0541. The summed E-state index contributed by atoms with van der Waals surface area (Å²) in [6, 6.07) is 4.49. The fourth-order valence-corrected chi connectivity index (χ4v) is 6.36. The smallest absolute Gasteiger partial charge is 0.247 e. The van der Waals surface area contributed by atoms with E-state index in [1.54, 1.807) is 12.1 Å². The molecule has 1 atom stereocenters. The minimum Gasteiger partial charge on any atom is -0.497 e. The molecule has 7 nitrogen and oxygen atoms in total. The van der Waals surface area contributed by atoms with Gasteiger partial charge in [0, 0.05) is 31.1 Å². The van der Waals surface area contributed by atoms with Gasteiger partial charge in [-0.3, -0.25) is 4.79 Å². The van der Waals surface area contributed by atoms with Crippen LogP contribution in [-0.4, -0.2) is 52.0 Å². The van der Waals surface area contributed by atoms with Crippen molar-refractivity contribution in [3.63, 3.8) is 0 Å². The van der Waals surface area contributed by atoms with Gasteiger partial charge in [0.15, 0.2) is 0 Å². The van der Waals surface area contributed by atoms with Crippen LogP contribution >= 0.6 is 0 Å². The summed E-state index contributed by atoms with van der Waals surface area (Å²) in [6.07, 6.45) is 9.23. The van der Waals surface area contributed by atoms with Gasteiger partial charge in [0.2, 0.25) is 15.9 Å². The number of carbonyl (C=O) groups excluding carboxylic acids is 1. The molecular weight excluding hydrogens is 404 g/mol. The van der Waals surface area contributed by atoms with Gasteiger partial charge in [0.25, 0.3) is 0 Å². The quantitative estimate of drug-likeness (QED) is 0.706. The maximum Gasteiger partial charge on any atom is 0.247 e. The molecule has 0 aromatic heterocycles. The molecule has 3 rings (SSSR count). The Morgan fingerprint density at radius 3 is 2.40 bits per heavy atom. The van der Waals surface area contributed by atoms with E-state index in [1.807, 2.05) is 0 Å². The molecule has 0 spiro atoms. The average Bonchev–Trinajstić information content (AvgIpc) is 3.21. The van der Waals surface area contributed by atoms with E-state index in [1.165, 1.54) is 43.9 Å². The van der Waals surface area contributed by atoms with E-state index in [0.717, 1.165) is 38.5 Å². The lowest BCUT2D eigenvalue weighted by Crippen LogP contribution is -2.44. The molecule has 1 aliphatic heterocycles. The maximum absolute atomic E-state index is 13.3. The normalized spacial score (nSPS) is 21.6. The van der Waals surface area contributed by atoms with Crippen molar-refractivity contribution in [3.8, 4) is 11.5 Å². The number of rotatable bonds is 7. The predicted octanol–water partition coefficient (Wildman–Crippen LogP) is 3.33. The van der Waals surface area contributed by atoms with Gasteiger partial charge in [0.1, 0.15) is 16.4 Å². The van der Waals surface area contributed by atoms with Gasteiger partial charge >= 0.3 is 0 Å². The van der Waals surface area contributed by atoms with Gasteiger partial charge in [0.05, 0.1) is 14.2 Å². The van der Waals surface area contributed by atoms with Gasteiger partial charge in [-0.2, -0.15) is 4.31 Å². The second kappa shape index (κ2) is 10.5. The Labute approximate surface area is 180 Å². The predicted molar refractivity (Wildman–Crippen MR) is 115 cm³/mol. The van der Waals surface area contributed by atoms with Crippen LogP contribution in [0.5, 0.6) is 11.5 Å². The van der Waals surface area contributed by atoms with Crippen molar-refractivity contribution in [2.45, 2.75) is 68.7 Å². The van der Waals surface area contributed by atoms with E-state index in [-0.39, 0.29) is 28.5 Å². The number of methoxy groups -OCH3 is 2. The average molecular weight is 439 g/mol. The molecule has 0 bridgehead atoms. The zero-order valence-electron chi connectivity index (χ0n) is 18.1. The van der Waals surface area contributed by atoms with Crippen LogP contribution in [0.15, 0.2) is 23.1 Å². The summed E-state index contributed by atoms with van der Waals surface area (Å²) in [5.41, 5.74) is 0. The highest BCUT2D eigenvalue weighted by molar-refractivity contribution is 7.89. The van der Waals surface area contributed by atoms with Crippen LogP contribution in [0.1, 0.15) is 57.8 Å². The number of benzene rings is 1. The highest BCUT2D eigenvalue weighted by Gasteiger charge is 2.37. The molecule has 1 heterocycles. The van der Waals surface area contributed by atoms with Crippen LogP contribution in [0.3, 0.4) is 0 Å². The van der Waals surface area contributed by atoms with Crippen molar-refractivity contribution < 1.29 is 22.7 Å². The zero-order valence-corrected chi connectivity index (χ0v) is 18.9. The Hall–Kier alpha value is -1.80. The zero-order chi connectivity index (χ0) is 21.6. The van der Waals surface area contributed by atoms with Gasteiger partial charge in [-0.15, -0.1) is 0 Å². The molecule has 1 saturated carbocycles. The maximum atomic E-state index is 13.3. The topological polar surface area (TPSA) is 84.9 Å². The monoisotopic (exact) mass is 438 g/mol. The molecule has 2 aliphatic rings. The molecule has 1 N–H and O–H groups in total. The first-order chi connectivity index (χ1) is 14.5. The lowest BCUT2D eigenvalue weighted by atomic mass is 9.90. The molecule has 1 aliphatic carbocycles. The lowest BCUT2D eigenvalue weighted by Gasteiger charge is -2.26. The number of hydrogen-bond donors (Lipinski definition) is 1. The lowest BCUT2D eigenvalue weighted by molar-refractivity contribution is -0.125. The molecule has 1 amide bonds. The summed E-state index contributed by atoms with van der Waals surface area (Å²) in [5.74, 6) is 0.926. The first kappa shape index (κ1) is 22.9. The van der Waals surface area contributed by atoms with E-state index in [4.69, 9.17) is 9.47 Å². The van der Waals surface area contributed by atoms with Crippen molar-refractivity contribution in [1.29, 1.82) is 0 Å². The van der Waals surface area contributed by atoms with E-state index in [2.05, 4.69) is 5.32 Å². The summed E-state index contributed by atoms with van der Waals surface area (Å²) in [7, 11) is -0.763. The highest BCUT2D eigenvalue weighted by atomic mass is 32.2. The third-order valence-electron chi connectivity index (χ3n) is 6.27. The fraction of sp³-hybridized carbons (Fsp3) is 0.682. The SMILES string of the molecule is COc1ccc(S(=O)(=O)N2CCCC2CNC(=O)C2CCCCCCC2)c(OC)c1. The largest absolute Gasteiger partial charge is 0.497 e. The van der Waals surface area contributed by atoms with Gasteiger partial charge in [-0.25, -0.2) is 8.42 Å².